The molecule has 19 heavy (non-hydrogen) atoms. The Kier molecular flexibility index (Phi) is 4.37. The molecule has 0 bridgehead atoms. The molecular formula is C13H16ClN3OS. The molecule has 0 unspecified atom stereocenters. The van der Waals surface area contributed by atoms with Crippen LogP contribution in [0.3, 0.4) is 0 Å². The van der Waals surface area contributed by atoms with Gasteiger partial charge in [0.1, 0.15) is 0 Å². The third-order valence-corrected chi connectivity index (χ3v) is 4.24. The average molecular weight is 298 g/mol. The van der Waals surface area contributed by atoms with E-state index in [0.29, 0.717) is 15.6 Å². The third-order valence-electron chi connectivity index (χ3n) is 3.55. The fourth-order valence-electron chi connectivity index (χ4n) is 2.43. The summed E-state index contributed by atoms with van der Waals surface area (Å²) in [4.78, 5) is 16.5. The largest absolute Gasteiger partial charge is 0.391 e. The summed E-state index contributed by atoms with van der Waals surface area (Å²) in [5.74, 6) is -0.248. The fraction of sp³-hybridized carbons (Fsp3) is 0.462. The first-order valence-electron chi connectivity index (χ1n) is 6.27. The molecule has 2 rings (SSSR count). The van der Waals surface area contributed by atoms with Gasteiger partial charge in [-0.1, -0.05) is 43.1 Å². The highest BCUT2D eigenvalue weighted by molar-refractivity contribution is 7.80. The monoisotopic (exact) mass is 297 g/mol. The first-order chi connectivity index (χ1) is 9.05. The number of nitrogens with one attached hydrogen (secondary N) is 1. The molecule has 0 radical (unpaired) electrons. The van der Waals surface area contributed by atoms with Crippen LogP contribution in [-0.2, 0) is 0 Å². The molecule has 3 N–H and O–H groups in total. The van der Waals surface area contributed by atoms with Crippen molar-refractivity contribution in [3.05, 3.63) is 29.0 Å². The number of hydrogen-bond acceptors (Lipinski definition) is 3. The molecular weight excluding hydrogens is 282 g/mol. The van der Waals surface area contributed by atoms with Gasteiger partial charge in [-0.15, -0.1) is 0 Å². The summed E-state index contributed by atoms with van der Waals surface area (Å²) in [5.41, 5.74) is 5.67. The molecule has 0 saturated heterocycles. The second-order valence-electron chi connectivity index (χ2n) is 4.82. The molecule has 1 heterocycles. The predicted molar refractivity (Wildman–Crippen MR) is 79.3 cm³/mol. The number of carbonyl (C=O) groups is 1. The minimum absolute atomic E-state index is 0.248. The van der Waals surface area contributed by atoms with Gasteiger partial charge in [0.05, 0.1) is 21.1 Å². The summed E-state index contributed by atoms with van der Waals surface area (Å²) in [6, 6.07) is 1.59. The van der Waals surface area contributed by atoms with Crippen molar-refractivity contribution in [3.8, 4) is 0 Å². The van der Waals surface area contributed by atoms with E-state index in [4.69, 9.17) is 29.6 Å². The number of nitrogens with zero attached hydrogens (tertiary/aromatic N) is 1. The van der Waals surface area contributed by atoms with Crippen LogP contribution >= 0.6 is 23.8 Å². The first-order valence-corrected chi connectivity index (χ1v) is 7.06. The highest BCUT2D eigenvalue weighted by Gasteiger charge is 2.36. The first kappa shape index (κ1) is 14.2. The number of rotatable bonds is 3. The van der Waals surface area contributed by atoms with Crippen molar-refractivity contribution in [1.82, 2.24) is 10.3 Å². The molecule has 1 aliphatic rings. The lowest BCUT2D eigenvalue weighted by molar-refractivity contribution is 0.0908. The second-order valence-corrected chi connectivity index (χ2v) is 5.66. The molecule has 4 nitrogen and oxygen atoms in total. The zero-order valence-corrected chi connectivity index (χ0v) is 12.1. The van der Waals surface area contributed by atoms with Gasteiger partial charge in [-0.05, 0) is 18.9 Å². The normalized spacial score (nSPS) is 17.7. The number of halogens is 1. The Hall–Kier alpha value is -1.20. The zero-order chi connectivity index (χ0) is 13.9. The van der Waals surface area contributed by atoms with E-state index in [0.717, 1.165) is 32.1 Å². The average Bonchev–Trinajstić information content (AvgIpc) is 2.40. The van der Waals surface area contributed by atoms with Crippen LogP contribution in [-0.4, -0.2) is 21.4 Å². The SMILES string of the molecule is NC(=S)C1(NC(=O)c2ccncc2Cl)CCCCC1. The van der Waals surface area contributed by atoms with Gasteiger partial charge in [0.25, 0.3) is 5.91 Å². The number of thiocarbonyl (C=S) groups is 1. The number of amides is 1. The number of aromatic nitrogens is 1. The smallest absolute Gasteiger partial charge is 0.253 e. The van der Waals surface area contributed by atoms with Crippen LogP contribution in [0.15, 0.2) is 18.5 Å². The van der Waals surface area contributed by atoms with E-state index in [2.05, 4.69) is 10.3 Å². The summed E-state index contributed by atoms with van der Waals surface area (Å²) in [7, 11) is 0. The van der Waals surface area contributed by atoms with Crippen molar-refractivity contribution in [3.63, 3.8) is 0 Å². The number of nitrogens with two attached hydrogens (primary N) is 1. The van der Waals surface area contributed by atoms with Crippen molar-refractivity contribution >= 4 is 34.7 Å². The standard InChI is InChI=1S/C13H16ClN3OS/c14-10-8-16-7-4-9(10)11(18)17-13(12(15)19)5-2-1-3-6-13/h4,7-8H,1-3,5-6H2,(H2,15,19)(H,17,18). The quantitative estimate of drug-likeness (QED) is 0.841. The van der Waals surface area contributed by atoms with Crippen LogP contribution in [0.2, 0.25) is 5.02 Å². The molecule has 0 aromatic carbocycles. The number of carbonyl (C=O) groups excluding carboxylic acids is 1. The molecule has 0 atom stereocenters. The third kappa shape index (κ3) is 3.04. The minimum atomic E-state index is -0.572. The van der Waals surface area contributed by atoms with Crippen molar-refractivity contribution in [2.45, 2.75) is 37.6 Å². The Labute approximate surface area is 122 Å². The lowest BCUT2D eigenvalue weighted by Gasteiger charge is -2.37. The maximum absolute atomic E-state index is 12.3. The summed E-state index contributed by atoms with van der Waals surface area (Å²) >= 11 is 11.1. The molecule has 1 aromatic heterocycles. The molecule has 1 fully saturated rings. The van der Waals surface area contributed by atoms with Crippen molar-refractivity contribution in [2.24, 2.45) is 5.73 Å². The summed E-state index contributed by atoms with van der Waals surface area (Å²) in [5, 5.41) is 3.30. The summed E-state index contributed by atoms with van der Waals surface area (Å²) in [6.07, 6.45) is 7.74. The molecule has 0 aliphatic heterocycles. The van der Waals surface area contributed by atoms with Gasteiger partial charge in [0.15, 0.2) is 0 Å². The van der Waals surface area contributed by atoms with Gasteiger partial charge in [-0.2, -0.15) is 0 Å². The van der Waals surface area contributed by atoms with Gasteiger partial charge in [0, 0.05) is 12.4 Å². The van der Waals surface area contributed by atoms with E-state index in [9.17, 15) is 4.79 Å². The van der Waals surface area contributed by atoms with Crippen molar-refractivity contribution in [2.75, 3.05) is 0 Å². The van der Waals surface area contributed by atoms with E-state index in [1.54, 1.807) is 6.07 Å². The van der Waals surface area contributed by atoms with Gasteiger partial charge in [0.2, 0.25) is 0 Å². The van der Waals surface area contributed by atoms with Crippen LogP contribution < -0.4 is 11.1 Å². The fourth-order valence-corrected chi connectivity index (χ4v) is 2.89. The molecule has 1 aromatic rings. The summed E-state index contributed by atoms with van der Waals surface area (Å²) in [6.45, 7) is 0. The molecule has 0 spiro atoms. The molecule has 6 heteroatoms. The Morgan fingerprint density at radius 2 is 2.11 bits per heavy atom. The number of hydrogen-bond donors (Lipinski definition) is 2. The van der Waals surface area contributed by atoms with Crippen molar-refractivity contribution in [1.29, 1.82) is 0 Å². The summed E-state index contributed by atoms with van der Waals surface area (Å²) < 4.78 is 0. The van der Waals surface area contributed by atoms with E-state index < -0.39 is 5.54 Å². The van der Waals surface area contributed by atoms with E-state index in [1.165, 1.54) is 12.4 Å². The van der Waals surface area contributed by atoms with E-state index in [-0.39, 0.29) is 5.91 Å². The van der Waals surface area contributed by atoms with Crippen LogP contribution in [0.25, 0.3) is 0 Å². The van der Waals surface area contributed by atoms with Crippen molar-refractivity contribution < 1.29 is 4.79 Å². The van der Waals surface area contributed by atoms with Gasteiger partial charge in [-0.25, -0.2) is 0 Å². The molecule has 1 aliphatic carbocycles. The van der Waals surface area contributed by atoms with Crippen LogP contribution in [0.4, 0.5) is 0 Å². The topological polar surface area (TPSA) is 68.0 Å². The Morgan fingerprint density at radius 1 is 1.42 bits per heavy atom. The lowest BCUT2D eigenvalue weighted by Crippen LogP contribution is -2.57. The van der Waals surface area contributed by atoms with E-state index >= 15 is 0 Å². The molecule has 1 saturated carbocycles. The van der Waals surface area contributed by atoms with E-state index in [1.807, 2.05) is 0 Å². The Balaban J connectivity index is 2.20. The molecule has 102 valence electrons. The van der Waals surface area contributed by atoms with Crippen LogP contribution in [0.5, 0.6) is 0 Å². The van der Waals surface area contributed by atoms with Gasteiger partial charge >= 0.3 is 0 Å². The highest BCUT2D eigenvalue weighted by Crippen LogP contribution is 2.29. The van der Waals surface area contributed by atoms with Gasteiger partial charge < -0.3 is 11.1 Å². The van der Waals surface area contributed by atoms with Crippen LogP contribution in [0.1, 0.15) is 42.5 Å². The maximum Gasteiger partial charge on any atom is 0.253 e. The lowest BCUT2D eigenvalue weighted by atomic mass is 9.81. The van der Waals surface area contributed by atoms with Gasteiger partial charge in [-0.3, -0.25) is 9.78 Å². The maximum atomic E-state index is 12.3. The second kappa shape index (κ2) is 5.84. The molecule has 1 amide bonds. The Bertz CT molecular complexity index is 500. The Morgan fingerprint density at radius 3 is 2.68 bits per heavy atom. The predicted octanol–water partition coefficient (Wildman–Crippen LogP) is 2.45. The zero-order valence-electron chi connectivity index (χ0n) is 10.5. The minimum Gasteiger partial charge on any atom is -0.391 e. The van der Waals surface area contributed by atoms with Crippen LogP contribution in [0, 0.1) is 0 Å². The highest BCUT2D eigenvalue weighted by atomic mass is 35.5. The number of pyridine rings is 1.